The molecule has 0 bridgehead atoms. The lowest BCUT2D eigenvalue weighted by atomic mass is 10.1. The highest BCUT2D eigenvalue weighted by Gasteiger charge is 2.11. The van der Waals surface area contributed by atoms with E-state index in [4.69, 9.17) is 18.0 Å². The lowest BCUT2D eigenvalue weighted by molar-refractivity contribution is 0.102. The molecule has 4 nitrogen and oxygen atoms in total. The van der Waals surface area contributed by atoms with E-state index in [-0.39, 0.29) is 5.91 Å². The van der Waals surface area contributed by atoms with Gasteiger partial charge in [-0.05, 0) is 45.8 Å². The molecule has 2 rings (SSSR count). The number of carbonyl (C=O) groups excluding carboxylic acids is 1. The zero-order valence-corrected chi connectivity index (χ0v) is 12.9. The number of hydrogen-bond acceptors (Lipinski definition) is 3. The highest BCUT2D eigenvalue weighted by atomic mass is 79.9. The van der Waals surface area contributed by atoms with Crippen LogP contribution in [0.1, 0.15) is 16.1 Å². The first-order valence-corrected chi connectivity index (χ1v) is 7.05. The van der Waals surface area contributed by atoms with Crippen molar-refractivity contribution in [3.8, 4) is 0 Å². The van der Waals surface area contributed by atoms with E-state index >= 15 is 0 Å². The number of nitrogens with zero attached hydrogens (tertiary/aromatic N) is 1. The fourth-order valence-corrected chi connectivity index (χ4v) is 2.25. The summed E-state index contributed by atoms with van der Waals surface area (Å²) in [6.07, 6.45) is 2.13. The van der Waals surface area contributed by atoms with Gasteiger partial charge in [-0.2, -0.15) is 0 Å². The summed E-state index contributed by atoms with van der Waals surface area (Å²) in [4.78, 5) is 16.5. The molecule has 6 heteroatoms. The monoisotopic (exact) mass is 349 g/mol. The molecule has 0 aliphatic rings. The molecule has 0 aliphatic carbocycles. The van der Waals surface area contributed by atoms with Gasteiger partial charge in [0.15, 0.2) is 0 Å². The Morgan fingerprint density at radius 3 is 2.60 bits per heavy atom. The summed E-state index contributed by atoms with van der Waals surface area (Å²) in [5.74, 6) is -0.264. The molecule has 0 spiro atoms. The van der Waals surface area contributed by atoms with Crippen molar-refractivity contribution in [2.24, 2.45) is 5.73 Å². The highest BCUT2D eigenvalue weighted by molar-refractivity contribution is 9.10. The van der Waals surface area contributed by atoms with Gasteiger partial charge in [-0.1, -0.05) is 24.4 Å². The van der Waals surface area contributed by atoms with E-state index in [1.807, 2.05) is 24.3 Å². The predicted octanol–water partition coefficient (Wildman–Crippen LogP) is 2.93. The molecule has 0 saturated carbocycles. The molecule has 1 aromatic carbocycles. The Morgan fingerprint density at radius 2 is 2.00 bits per heavy atom. The number of thiocarbonyl (C=S) groups is 1. The summed E-state index contributed by atoms with van der Waals surface area (Å²) in [6.45, 7) is 0. The Bertz CT molecular complexity index is 643. The summed E-state index contributed by atoms with van der Waals surface area (Å²) in [6, 6.07) is 10.9. The third-order valence-electron chi connectivity index (χ3n) is 2.56. The minimum atomic E-state index is -0.264. The average Bonchev–Trinajstić information content (AvgIpc) is 2.41. The van der Waals surface area contributed by atoms with E-state index in [2.05, 4.69) is 26.2 Å². The second-order valence-electron chi connectivity index (χ2n) is 4.13. The van der Waals surface area contributed by atoms with Crippen LogP contribution in [0.4, 0.5) is 5.69 Å². The lowest BCUT2D eigenvalue weighted by Gasteiger charge is -2.07. The third-order valence-corrected chi connectivity index (χ3v) is 3.35. The van der Waals surface area contributed by atoms with E-state index in [0.717, 1.165) is 5.56 Å². The van der Waals surface area contributed by atoms with Crippen molar-refractivity contribution >= 4 is 44.7 Å². The topological polar surface area (TPSA) is 68.0 Å². The van der Waals surface area contributed by atoms with Crippen molar-refractivity contribution in [2.45, 2.75) is 6.42 Å². The molecule has 20 heavy (non-hydrogen) atoms. The van der Waals surface area contributed by atoms with Gasteiger partial charge in [-0.25, -0.2) is 4.98 Å². The van der Waals surface area contributed by atoms with Crippen LogP contribution in [0.2, 0.25) is 0 Å². The molecular formula is C14H12BrN3OS. The number of hydrogen-bond donors (Lipinski definition) is 2. The van der Waals surface area contributed by atoms with E-state index < -0.39 is 0 Å². The number of rotatable bonds is 4. The van der Waals surface area contributed by atoms with Crippen molar-refractivity contribution in [1.82, 2.24) is 4.98 Å². The van der Waals surface area contributed by atoms with Crippen LogP contribution in [0.25, 0.3) is 0 Å². The Balaban J connectivity index is 2.09. The van der Waals surface area contributed by atoms with Crippen LogP contribution >= 0.6 is 28.1 Å². The van der Waals surface area contributed by atoms with Gasteiger partial charge in [0, 0.05) is 22.8 Å². The molecule has 0 saturated heterocycles. The lowest BCUT2D eigenvalue weighted by Crippen LogP contribution is -2.14. The van der Waals surface area contributed by atoms with Gasteiger partial charge in [0.2, 0.25) is 0 Å². The number of halogens is 1. The van der Waals surface area contributed by atoms with Gasteiger partial charge in [-0.3, -0.25) is 4.79 Å². The van der Waals surface area contributed by atoms with Gasteiger partial charge in [-0.15, -0.1) is 0 Å². The zero-order chi connectivity index (χ0) is 14.5. The first-order valence-electron chi connectivity index (χ1n) is 5.85. The maximum Gasteiger partial charge on any atom is 0.275 e. The number of pyridine rings is 1. The van der Waals surface area contributed by atoms with Crippen LogP contribution in [0.3, 0.4) is 0 Å². The van der Waals surface area contributed by atoms with Crippen LogP contribution in [0.5, 0.6) is 0 Å². The van der Waals surface area contributed by atoms with Crippen molar-refractivity contribution in [3.05, 3.63) is 58.3 Å². The summed E-state index contributed by atoms with van der Waals surface area (Å²) >= 11 is 8.15. The second kappa shape index (κ2) is 6.58. The van der Waals surface area contributed by atoms with Crippen molar-refractivity contribution in [1.29, 1.82) is 0 Å². The molecule has 2 aromatic rings. The normalized spacial score (nSPS) is 10.1. The van der Waals surface area contributed by atoms with Gasteiger partial charge >= 0.3 is 0 Å². The Kier molecular flexibility index (Phi) is 4.81. The fraction of sp³-hybridized carbons (Fsp3) is 0.0714. The summed E-state index contributed by atoms with van der Waals surface area (Å²) in [5.41, 5.74) is 7.53. The zero-order valence-electron chi connectivity index (χ0n) is 10.5. The molecule has 0 fully saturated rings. The van der Waals surface area contributed by atoms with Crippen LogP contribution in [0, 0.1) is 0 Å². The highest BCUT2D eigenvalue weighted by Crippen LogP contribution is 2.16. The Morgan fingerprint density at radius 1 is 1.30 bits per heavy atom. The number of amides is 1. The number of anilines is 1. The maximum absolute atomic E-state index is 12.1. The van der Waals surface area contributed by atoms with Gasteiger partial charge in [0.05, 0.1) is 4.99 Å². The Labute approximate surface area is 130 Å². The molecule has 1 amide bonds. The third kappa shape index (κ3) is 3.85. The number of benzene rings is 1. The van der Waals surface area contributed by atoms with Crippen molar-refractivity contribution in [3.63, 3.8) is 0 Å². The first-order chi connectivity index (χ1) is 9.56. The largest absolute Gasteiger partial charge is 0.393 e. The maximum atomic E-state index is 12.1. The van der Waals surface area contributed by atoms with Gasteiger partial charge in [0.1, 0.15) is 5.69 Å². The minimum Gasteiger partial charge on any atom is -0.393 e. The molecular weight excluding hydrogens is 338 g/mol. The molecule has 102 valence electrons. The molecule has 0 radical (unpaired) electrons. The second-order valence-corrected chi connectivity index (χ2v) is 5.51. The fourth-order valence-electron chi connectivity index (χ4n) is 1.65. The van der Waals surface area contributed by atoms with E-state index in [1.165, 1.54) is 0 Å². The van der Waals surface area contributed by atoms with E-state index in [0.29, 0.717) is 27.3 Å². The number of nitrogens with one attached hydrogen (secondary N) is 1. The smallest absolute Gasteiger partial charge is 0.275 e. The van der Waals surface area contributed by atoms with E-state index in [1.54, 1.807) is 18.3 Å². The van der Waals surface area contributed by atoms with Crippen molar-refractivity contribution < 1.29 is 4.79 Å². The number of carbonyl (C=O) groups is 1. The quantitative estimate of drug-likeness (QED) is 0.832. The van der Waals surface area contributed by atoms with Crippen molar-refractivity contribution in [2.75, 3.05) is 5.32 Å². The average molecular weight is 350 g/mol. The SMILES string of the molecule is NC(=S)Cc1ccc(NC(=O)c2ncccc2Br)cc1. The van der Waals surface area contributed by atoms with Crippen LogP contribution < -0.4 is 11.1 Å². The summed E-state index contributed by atoms with van der Waals surface area (Å²) < 4.78 is 0.655. The van der Waals surface area contributed by atoms with Crippen LogP contribution in [-0.2, 0) is 6.42 Å². The van der Waals surface area contributed by atoms with Crippen LogP contribution in [0.15, 0.2) is 47.1 Å². The molecule has 0 unspecified atom stereocenters. The molecule has 3 N–H and O–H groups in total. The number of nitrogens with two attached hydrogens (primary N) is 1. The van der Waals surface area contributed by atoms with Gasteiger partial charge in [0.25, 0.3) is 5.91 Å². The van der Waals surface area contributed by atoms with Crippen LogP contribution in [-0.4, -0.2) is 15.9 Å². The number of aromatic nitrogens is 1. The Hall–Kier alpha value is -1.79. The van der Waals surface area contributed by atoms with E-state index in [9.17, 15) is 4.79 Å². The molecule has 1 heterocycles. The summed E-state index contributed by atoms with van der Waals surface area (Å²) in [7, 11) is 0. The molecule has 0 aliphatic heterocycles. The predicted molar refractivity (Wildman–Crippen MR) is 86.8 cm³/mol. The first kappa shape index (κ1) is 14.6. The molecule has 1 aromatic heterocycles. The van der Waals surface area contributed by atoms with Gasteiger partial charge < -0.3 is 11.1 Å². The summed E-state index contributed by atoms with van der Waals surface area (Å²) in [5, 5.41) is 2.78. The minimum absolute atomic E-state index is 0.264. The standard InChI is InChI=1S/C14H12BrN3OS/c15-11-2-1-7-17-13(11)14(19)18-10-5-3-9(4-6-10)8-12(16)20/h1-7H,8H2,(H2,16,20)(H,18,19). The molecule has 0 atom stereocenters.